The third-order valence-electron chi connectivity index (χ3n) is 2.84. The van der Waals surface area contributed by atoms with Crippen molar-refractivity contribution in [3.8, 4) is 0 Å². The van der Waals surface area contributed by atoms with Crippen LogP contribution in [0.5, 0.6) is 0 Å². The standard InChI is InChI=1S/C14H16ClN3O2/c1-2-7-17-8-9-18(14(17)20)10-13(19)16-12-6-4-3-5-11(12)15/h3-6,8-9H,2,7,10H2,1H3,(H,16,19). The molecule has 0 saturated carbocycles. The first-order valence-corrected chi connectivity index (χ1v) is 6.79. The highest BCUT2D eigenvalue weighted by molar-refractivity contribution is 6.33. The summed E-state index contributed by atoms with van der Waals surface area (Å²) < 4.78 is 2.96. The Morgan fingerprint density at radius 2 is 1.95 bits per heavy atom. The summed E-state index contributed by atoms with van der Waals surface area (Å²) in [5.41, 5.74) is 0.362. The van der Waals surface area contributed by atoms with Crippen LogP contribution >= 0.6 is 11.6 Å². The van der Waals surface area contributed by atoms with Gasteiger partial charge in [0.05, 0.1) is 10.7 Å². The van der Waals surface area contributed by atoms with Crippen LogP contribution < -0.4 is 11.0 Å². The average molecular weight is 294 g/mol. The highest BCUT2D eigenvalue weighted by Gasteiger charge is 2.09. The fourth-order valence-corrected chi connectivity index (χ4v) is 2.07. The molecule has 6 heteroatoms. The van der Waals surface area contributed by atoms with E-state index in [1.165, 1.54) is 4.57 Å². The monoisotopic (exact) mass is 293 g/mol. The maximum atomic E-state index is 11.9. The average Bonchev–Trinajstić information content (AvgIpc) is 2.75. The van der Waals surface area contributed by atoms with Crippen LogP contribution in [0.3, 0.4) is 0 Å². The summed E-state index contributed by atoms with van der Waals surface area (Å²) in [5.74, 6) is -0.283. The molecule has 0 aliphatic heterocycles. The zero-order valence-electron chi connectivity index (χ0n) is 11.2. The number of amides is 1. The first-order valence-electron chi connectivity index (χ1n) is 6.41. The molecular formula is C14H16ClN3O2. The molecule has 0 atom stereocenters. The number of carbonyl (C=O) groups excluding carboxylic acids is 1. The predicted molar refractivity (Wildman–Crippen MR) is 79.1 cm³/mol. The van der Waals surface area contributed by atoms with Gasteiger partial charge in [-0.05, 0) is 18.6 Å². The number of halogens is 1. The van der Waals surface area contributed by atoms with Gasteiger partial charge in [0.25, 0.3) is 0 Å². The second-order valence-electron chi connectivity index (χ2n) is 4.43. The fraction of sp³-hybridized carbons (Fsp3) is 0.286. The second kappa shape index (κ2) is 6.43. The van der Waals surface area contributed by atoms with Crippen molar-refractivity contribution < 1.29 is 4.79 Å². The molecule has 0 radical (unpaired) electrons. The first kappa shape index (κ1) is 14.4. The van der Waals surface area contributed by atoms with Crippen molar-refractivity contribution in [2.45, 2.75) is 26.4 Å². The van der Waals surface area contributed by atoms with Crippen LogP contribution in [-0.4, -0.2) is 15.0 Å². The lowest BCUT2D eigenvalue weighted by molar-refractivity contribution is -0.116. The molecule has 0 unspecified atom stereocenters. The largest absolute Gasteiger partial charge is 0.328 e. The van der Waals surface area contributed by atoms with Crippen LogP contribution in [0.15, 0.2) is 41.5 Å². The van der Waals surface area contributed by atoms with E-state index in [0.717, 1.165) is 6.42 Å². The van der Waals surface area contributed by atoms with Gasteiger partial charge < -0.3 is 5.32 Å². The summed E-state index contributed by atoms with van der Waals surface area (Å²) in [4.78, 5) is 23.8. The Labute approximate surface area is 121 Å². The number of nitrogens with zero attached hydrogens (tertiary/aromatic N) is 2. The number of anilines is 1. The van der Waals surface area contributed by atoms with Gasteiger partial charge in [-0.3, -0.25) is 13.9 Å². The molecule has 2 aromatic rings. The Kier molecular flexibility index (Phi) is 4.63. The predicted octanol–water partition coefficient (Wildman–Crippen LogP) is 2.35. The molecule has 1 amide bonds. The minimum absolute atomic E-state index is 0.0270. The minimum Gasteiger partial charge on any atom is -0.323 e. The van der Waals surface area contributed by atoms with Crippen LogP contribution in [-0.2, 0) is 17.9 Å². The molecule has 0 aliphatic carbocycles. The van der Waals surface area contributed by atoms with Crippen molar-refractivity contribution in [3.63, 3.8) is 0 Å². The summed E-state index contributed by atoms with van der Waals surface area (Å²) in [6, 6.07) is 6.98. The molecule has 0 bridgehead atoms. The highest BCUT2D eigenvalue weighted by Crippen LogP contribution is 2.20. The molecular weight excluding hydrogens is 278 g/mol. The Bertz CT molecular complexity index is 660. The zero-order valence-corrected chi connectivity index (χ0v) is 11.9. The van der Waals surface area contributed by atoms with Gasteiger partial charge in [0.2, 0.25) is 5.91 Å². The third-order valence-corrected chi connectivity index (χ3v) is 3.17. The number of aromatic nitrogens is 2. The Hall–Kier alpha value is -2.01. The fourth-order valence-electron chi connectivity index (χ4n) is 1.89. The maximum absolute atomic E-state index is 11.9. The molecule has 106 valence electrons. The van der Waals surface area contributed by atoms with Gasteiger partial charge in [0.15, 0.2) is 0 Å². The van der Waals surface area contributed by atoms with E-state index in [-0.39, 0.29) is 18.1 Å². The number of hydrogen-bond donors (Lipinski definition) is 1. The summed E-state index contributed by atoms with van der Waals surface area (Å²) >= 11 is 5.96. The summed E-state index contributed by atoms with van der Waals surface area (Å²) in [7, 11) is 0. The lowest BCUT2D eigenvalue weighted by Crippen LogP contribution is -2.29. The van der Waals surface area contributed by atoms with Crippen LogP contribution in [0.2, 0.25) is 5.02 Å². The van der Waals surface area contributed by atoms with Gasteiger partial charge in [-0.1, -0.05) is 30.7 Å². The maximum Gasteiger partial charge on any atom is 0.328 e. The van der Waals surface area contributed by atoms with Crippen LogP contribution in [0.4, 0.5) is 5.69 Å². The molecule has 0 spiro atoms. The normalized spacial score (nSPS) is 10.5. The van der Waals surface area contributed by atoms with E-state index in [1.807, 2.05) is 6.92 Å². The highest BCUT2D eigenvalue weighted by atomic mass is 35.5. The van der Waals surface area contributed by atoms with E-state index in [4.69, 9.17) is 11.6 Å². The Morgan fingerprint density at radius 3 is 2.65 bits per heavy atom. The summed E-state index contributed by atoms with van der Waals surface area (Å²) in [6.45, 7) is 2.62. The Morgan fingerprint density at radius 1 is 1.25 bits per heavy atom. The molecule has 1 N–H and O–H groups in total. The van der Waals surface area contributed by atoms with E-state index >= 15 is 0 Å². The zero-order chi connectivity index (χ0) is 14.5. The van der Waals surface area contributed by atoms with Crippen molar-refractivity contribution in [1.82, 2.24) is 9.13 Å². The molecule has 20 heavy (non-hydrogen) atoms. The minimum atomic E-state index is -0.283. The number of hydrogen-bond acceptors (Lipinski definition) is 2. The van der Waals surface area contributed by atoms with Crippen LogP contribution in [0.1, 0.15) is 13.3 Å². The quantitative estimate of drug-likeness (QED) is 0.920. The van der Waals surface area contributed by atoms with Gasteiger partial charge in [-0.2, -0.15) is 0 Å². The number of para-hydroxylation sites is 1. The van der Waals surface area contributed by atoms with E-state index in [2.05, 4.69) is 5.32 Å². The van der Waals surface area contributed by atoms with Gasteiger partial charge in [-0.25, -0.2) is 4.79 Å². The summed E-state index contributed by atoms with van der Waals surface area (Å²) in [6.07, 6.45) is 4.18. The second-order valence-corrected chi connectivity index (χ2v) is 4.84. The van der Waals surface area contributed by atoms with E-state index in [1.54, 1.807) is 41.2 Å². The number of imidazole rings is 1. The molecule has 1 heterocycles. The van der Waals surface area contributed by atoms with Crippen LogP contribution in [0, 0.1) is 0 Å². The van der Waals surface area contributed by atoms with Crippen molar-refractivity contribution in [2.75, 3.05) is 5.32 Å². The summed E-state index contributed by atoms with van der Waals surface area (Å²) in [5, 5.41) is 3.16. The van der Waals surface area contributed by atoms with Gasteiger partial charge in [0.1, 0.15) is 6.54 Å². The number of nitrogens with one attached hydrogen (secondary N) is 1. The van der Waals surface area contributed by atoms with Crippen molar-refractivity contribution >= 4 is 23.2 Å². The lowest BCUT2D eigenvalue weighted by atomic mass is 10.3. The number of benzene rings is 1. The number of rotatable bonds is 5. The van der Waals surface area contributed by atoms with Gasteiger partial charge in [-0.15, -0.1) is 0 Å². The van der Waals surface area contributed by atoms with Crippen molar-refractivity contribution in [2.24, 2.45) is 0 Å². The van der Waals surface area contributed by atoms with Gasteiger partial charge in [0, 0.05) is 18.9 Å². The van der Waals surface area contributed by atoms with Crippen molar-refractivity contribution in [1.29, 1.82) is 0 Å². The van der Waals surface area contributed by atoms with E-state index < -0.39 is 0 Å². The molecule has 1 aromatic heterocycles. The van der Waals surface area contributed by atoms with E-state index in [9.17, 15) is 9.59 Å². The third kappa shape index (κ3) is 3.30. The van der Waals surface area contributed by atoms with Crippen LogP contribution in [0.25, 0.3) is 0 Å². The SMILES string of the molecule is CCCn1ccn(CC(=O)Nc2ccccc2Cl)c1=O. The van der Waals surface area contributed by atoms with Crippen molar-refractivity contribution in [3.05, 3.63) is 52.2 Å². The number of aryl methyl sites for hydroxylation is 1. The smallest absolute Gasteiger partial charge is 0.323 e. The lowest BCUT2D eigenvalue weighted by Gasteiger charge is -2.07. The number of carbonyl (C=O) groups is 1. The molecule has 0 aliphatic rings. The molecule has 0 fully saturated rings. The Balaban J connectivity index is 2.05. The molecule has 2 rings (SSSR count). The van der Waals surface area contributed by atoms with E-state index in [0.29, 0.717) is 17.3 Å². The first-order chi connectivity index (χ1) is 9.61. The molecule has 5 nitrogen and oxygen atoms in total. The molecule has 0 saturated heterocycles. The molecule has 1 aromatic carbocycles. The topological polar surface area (TPSA) is 56.0 Å². The van der Waals surface area contributed by atoms with Gasteiger partial charge >= 0.3 is 5.69 Å².